The summed E-state index contributed by atoms with van der Waals surface area (Å²) in [5, 5.41) is 13.4. The molecule has 2 heterocycles. The molecule has 0 aliphatic carbocycles. The van der Waals surface area contributed by atoms with Gasteiger partial charge in [-0.3, -0.25) is 14.4 Å². The Labute approximate surface area is 167 Å². The zero-order chi connectivity index (χ0) is 21.0. The van der Waals surface area contributed by atoms with Gasteiger partial charge in [-0.25, -0.2) is 8.78 Å². The van der Waals surface area contributed by atoms with Gasteiger partial charge in [0.15, 0.2) is 11.6 Å². The Bertz CT molecular complexity index is 1100. The molecule has 0 aliphatic heterocycles. The SMILES string of the molecule is O=C(O)C[C@@H](NC(=O)c1ccc(Cc2ccc(F)c(F)c2)[nH]c1=O)c1cccs1. The first-order valence-electron chi connectivity index (χ1n) is 8.55. The quantitative estimate of drug-likeness (QED) is 0.548. The van der Waals surface area contributed by atoms with Crippen molar-refractivity contribution in [1.82, 2.24) is 10.3 Å². The summed E-state index contributed by atoms with van der Waals surface area (Å²) in [7, 11) is 0. The number of thiophene rings is 1. The van der Waals surface area contributed by atoms with Crippen molar-refractivity contribution in [3.63, 3.8) is 0 Å². The predicted octanol–water partition coefficient (Wildman–Crippen LogP) is 3.25. The zero-order valence-corrected chi connectivity index (χ0v) is 15.8. The summed E-state index contributed by atoms with van der Waals surface area (Å²) in [6.07, 6.45) is -0.177. The second-order valence-electron chi connectivity index (χ2n) is 6.29. The predicted molar refractivity (Wildman–Crippen MR) is 103 cm³/mol. The third-order valence-corrected chi connectivity index (χ3v) is 5.15. The number of hydrogen-bond acceptors (Lipinski definition) is 4. The largest absolute Gasteiger partial charge is 0.481 e. The zero-order valence-electron chi connectivity index (χ0n) is 14.9. The first-order chi connectivity index (χ1) is 13.8. The molecule has 1 aromatic carbocycles. The van der Waals surface area contributed by atoms with Crippen molar-refractivity contribution in [3.8, 4) is 0 Å². The summed E-state index contributed by atoms with van der Waals surface area (Å²) in [6, 6.07) is 8.92. The minimum atomic E-state index is -1.08. The second-order valence-corrected chi connectivity index (χ2v) is 7.27. The normalized spacial score (nSPS) is 11.8. The topological polar surface area (TPSA) is 99.3 Å². The van der Waals surface area contributed by atoms with Gasteiger partial charge < -0.3 is 15.4 Å². The Morgan fingerprint density at radius 1 is 1.14 bits per heavy atom. The van der Waals surface area contributed by atoms with E-state index in [0.29, 0.717) is 16.1 Å². The molecule has 0 fully saturated rings. The van der Waals surface area contributed by atoms with E-state index < -0.39 is 35.1 Å². The van der Waals surface area contributed by atoms with Crippen LogP contribution in [0.15, 0.2) is 52.6 Å². The number of carbonyl (C=O) groups is 2. The van der Waals surface area contributed by atoms with Crippen molar-refractivity contribution in [1.29, 1.82) is 0 Å². The van der Waals surface area contributed by atoms with Gasteiger partial charge in [0.1, 0.15) is 5.56 Å². The van der Waals surface area contributed by atoms with Crippen LogP contribution in [0, 0.1) is 11.6 Å². The van der Waals surface area contributed by atoms with Crippen LogP contribution in [-0.2, 0) is 11.2 Å². The van der Waals surface area contributed by atoms with Crippen LogP contribution in [0.5, 0.6) is 0 Å². The number of amides is 1. The number of H-pyrrole nitrogens is 1. The number of carboxylic acid groups (broad SMARTS) is 1. The first-order valence-corrected chi connectivity index (χ1v) is 9.43. The molecular formula is C20H16F2N2O4S. The standard InChI is InChI=1S/C20H16F2N2O4S/c21-14-6-3-11(9-15(14)22)8-12-4-5-13(19(27)23-12)20(28)24-16(10-18(25)26)17-2-1-7-29-17/h1-7,9,16H,8,10H2,(H,23,27)(H,24,28)(H,25,26)/t16-/m1/s1. The van der Waals surface area contributed by atoms with Gasteiger partial charge in [0.05, 0.1) is 12.5 Å². The summed E-state index contributed by atoms with van der Waals surface area (Å²) < 4.78 is 26.3. The summed E-state index contributed by atoms with van der Waals surface area (Å²) in [5.74, 6) is -3.74. The van der Waals surface area contributed by atoms with Gasteiger partial charge in [0, 0.05) is 17.0 Å². The maximum atomic E-state index is 13.3. The number of nitrogens with one attached hydrogen (secondary N) is 2. The Balaban J connectivity index is 1.76. The summed E-state index contributed by atoms with van der Waals surface area (Å²) in [6.45, 7) is 0. The smallest absolute Gasteiger partial charge is 0.305 e. The van der Waals surface area contributed by atoms with Crippen LogP contribution >= 0.6 is 11.3 Å². The number of carboxylic acids is 1. The van der Waals surface area contributed by atoms with E-state index in [1.54, 1.807) is 17.5 Å². The number of halogens is 2. The lowest BCUT2D eigenvalue weighted by Crippen LogP contribution is -2.33. The maximum Gasteiger partial charge on any atom is 0.305 e. The molecule has 0 bridgehead atoms. The molecule has 0 saturated carbocycles. The third-order valence-electron chi connectivity index (χ3n) is 4.16. The van der Waals surface area contributed by atoms with E-state index in [1.807, 2.05) is 0 Å². The number of carbonyl (C=O) groups excluding carboxylic acids is 1. The van der Waals surface area contributed by atoms with E-state index in [1.165, 1.54) is 29.5 Å². The van der Waals surface area contributed by atoms with Crippen molar-refractivity contribution in [2.75, 3.05) is 0 Å². The van der Waals surface area contributed by atoms with Gasteiger partial charge in [-0.15, -0.1) is 11.3 Å². The number of aliphatic carboxylic acids is 1. The number of rotatable bonds is 7. The summed E-state index contributed by atoms with van der Waals surface area (Å²) >= 11 is 1.30. The molecule has 3 N–H and O–H groups in total. The van der Waals surface area contributed by atoms with Gasteiger partial charge >= 0.3 is 5.97 Å². The van der Waals surface area contributed by atoms with Crippen LogP contribution in [0.25, 0.3) is 0 Å². The van der Waals surface area contributed by atoms with Crippen LogP contribution in [0.2, 0.25) is 0 Å². The van der Waals surface area contributed by atoms with E-state index in [4.69, 9.17) is 5.11 Å². The highest BCUT2D eigenvalue weighted by Crippen LogP contribution is 2.22. The fraction of sp³-hybridized carbons (Fsp3) is 0.150. The monoisotopic (exact) mass is 418 g/mol. The minimum Gasteiger partial charge on any atom is -0.481 e. The number of aromatic nitrogens is 1. The fourth-order valence-electron chi connectivity index (χ4n) is 2.79. The van der Waals surface area contributed by atoms with Crippen LogP contribution in [0.4, 0.5) is 8.78 Å². The van der Waals surface area contributed by atoms with Crippen molar-refractivity contribution in [2.45, 2.75) is 18.9 Å². The lowest BCUT2D eigenvalue weighted by atomic mass is 10.1. The summed E-state index contributed by atoms with van der Waals surface area (Å²) in [4.78, 5) is 39.1. The molecule has 3 aromatic rings. The van der Waals surface area contributed by atoms with Gasteiger partial charge in [0.25, 0.3) is 11.5 Å². The molecule has 0 aliphatic rings. The molecule has 0 unspecified atom stereocenters. The number of aromatic amines is 1. The second kappa shape index (κ2) is 8.78. The highest BCUT2D eigenvalue weighted by molar-refractivity contribution is 7.10. The van der Waals surface area contributed by atoms with Crippen molar-refractivity contribution in [2.24, 2.45) is 0 Å². The van der Waals surface area contributed by atoms with Gasteiger partial charge in [-0.1, -0.05) is 12.1 Å². The molecule has 0 spiro atoms. The van der Waals surface area contributed by atoms with Crippen LogP contribution in [0.3, 0.4) is 0 Å². The fourth-order valence-corrected chi connectivity index (χ4v) is 3.57. The third kappa shape index (κ3) is 5.14. The van der Waals surface area contributed by atoms with Gasteiger partial charge in [-0.05, 0) is 41.3 Å². The molecule has 3 rings (SSSR count). The molecule has 6 nitrogen and oxygen atoms in total. The molecule has 2 aromatic heterocycles. The molecule has 9 heteroatoms. The molecule has 1 atom stereocenters. The average molecular weight is 418 g/mol. The highest BCUT2D eigenvalue weighted by Gasteiger charge is 2.21. The Morgan fingerprint density at radius 3 is 2.55 bits per heavy atom. The van der Waals surface area contributed by atoms with Gasteiger partial charge in [-0.2, -0.15) is 0 Å². The van der Waals surface area contributed by atoms with Crippen LogP contribution in [-0.4, -0.2) is 22.0 Å². The van der Waals surface area contributed by atoms with E-state index >= 15 is 0 Å². The number of benzene rings is 1. The Hall–Kier alpha value is -3.33. The molecular weight excluding hydrogens is 402 g/mol. The van der Waals surface area contributed by atoms with Crippen molar-refractivity contribution in [3.05, 3.63) is 91.5 Å². The first kappa shape index (κ1) is 20.4. The molecule has 29 heavy (non-hydrogen) atoms. The number of pyridine rings is 1. The van der Waals surface area contributed by atoms with Crippen molar-refractivity contribution < 1.29 is 23.5 Å². The Morgan fingerprint density at radius 2 is 1.93 bits per heavy atom. The minimum absolute atomic E-state index is 0.144. The molecule has 1 amide bonds. The lowest BCUT2D eigenvalue weighted by Gasteiger charge is -2.15. The van der Waals surface area contributed by atoms with Crippen molar-refractivity contribution >= 4 is 23.2 Å². The molecule has 0 saturated heterocycles. The molecule has 0 radical (unpaired) electrons. The lowest BCUT2D eigenvalue weighted by molar-refractivity contribution is -0.137. The Kier molecular flexibility index (Phi) is 6.18. The maximum absolute atomic E-state index is 13.3. The van der Waals surface area contributed by atoms with E-state index in [0.717, 1.165) is 12.1 Å². The van der Waals surface area contributed by atoms with E-state index in [2.05, 4.69) is 10.3 Å². The molecule has 150 valence electrons. The van der Waals surface area contributed by atoms with E-state index in [9.17, 15) is 23.2 Å². The van der Waals surface area contributed by atoms with Crippen LogP contribution in [0.1, 0.15) is 39.0 Å². The van der Waals surface area contributed by atoms with Gasteiger partial charge in [0.2, 0.25) is 0 Å². The van der Waals surface area contributed by atoms with Crippen LogP contribution < -0.4 is 10.9 Å². The summed E-state index contributed by atoms with van der Waals surface area (Å²) in [5.41, 5.74) is 0.0303. The average Bonchev–Trinajstić information content (AvgIpc) is 3.18. The number of hydrogen-bond donors (Lipinski definition) is 3. The van der Waals surface area contributed by atoms with E-state index in [-0.39, 0.29) is 18.4 Å². The highest BCUT2D eigenvalue weighted by atomic mass is 32.1.